The Labute approximate surface area is 217 Å². The smallest absolute Gasteiger partial charge is 0.744 e. The molecule has 0 aliphatic carbocycles. The Balaban J connectivity index is 0.00000320. The average molecular weight is 477 g/mol. The number of hydrogen-bond acceptors (Lipinski definition) is 8. The number of benzene rings is 2. The molecule has 154 valence electrons. The van der Waals surface area contributed by atoms with E-state index < -0.39 is 29.9 Å². The van der Waals surface area contributed by atoms with E-state index >= 15 is 0 Å². The van der Waals surface area contributed by atoms with Crippen molar-refractivity contribution in [1.82, 2.24) is 4.72 Å². The van der Waals surface area contributed by atoms with Gasteiger partial charge < -0.3 is 19.0 Å². The summed E-state index contributed by atoms with van der Waals surface area (Å²) in [7, 11) is -7.96. The van der Waals surface area contributed by atoms with Crippen LogP contribution in [0.5, 0.6) is 11.5 Å². The van der Waals surface area contributed by atoms with Gasteiger partial charge in [0.25, 0.3) is 0 Å². The maximum atomic E-state index is 12.4. The van der Waals surface area contributed by atoms with Crippen molar-refractivity contribution in [2.45, 2.75) is 16.3 Å². The average Bonchev–Trinajstić information content (AvgIpc) is 3.19. The standard InChI is InChI=1S/C18H18N2O7S2.K/c1-19-28(21,22)18-11-17(29(23,24)25)15(20-12-14-8-5-9-26-14)10-16(18)27-13-6-3-2-4-7-13;/h2-11,19-20H,12H2,1H3,(H,23,24,25);/q;+1/p-1. The van der Waals surface area contributed by atoms with Crippen LogP contribution in [0.25, 0.3) is 0 Å². The minimum Gasteiger partial charge on any atom is -0.744 e. The quantitative estimate of drug-likeness (QED) is 0.328. The van der Waals surface area contributed by atoms with Crippen LogP contribution in [-0.4, -0.2) is 28.4 Å². The van der Waals surface area contributed by atoms with Crippen molar-refractivity contribution < 1.29 is 81.9 Å². The van der Waals surface area contributed by atoms with Gasteiger partial charge in [-0.2, -0.15) is 0 Å². The molecule has 3 rings (SSSR count). The van der Waals surface area contributed by atoms with Gasteiger partial charge in [0.15, 0.2) is 0 Å². The molecule has 12 heteroatoms. The first-order valence-electron chi connectivity index (χ1n) is 8.27. The molecule has 3 aromatic rings. The van der Waals surface area contributed by atoms with Crippen molar-refractivity contribution in [2.75, 3.05) is 12.4 Å². The van der Waals surface area contributed by atoms with Gasteiger partial charge in [-0.1, -0.05) is 18.2 Å². The van der Waals surface area contributed by atoms with E-state index in [1.807, 2.05) is 0 Å². The number of hydrogen-bond donors (Lipinski definition) is 2. The van der Waals surface area contributed by atoms with Crippen molar-refractivity contribution in [3.05, 3.63) is 66.6 Å². The second-order valence-corrected chi connectivity index (χ2v) is 9.01. The molecule has 0 unspecified atom stereocenters. The fourth-order valence-corrected chi connectivity index (χ4v) is 4.09. The van der Waals surface area contributed by atoms with Crippen molar-refractivity contribution in [3.8, 4) is 11.5 Å². The van der Waals surface area contributed by atoms with Gasteiger partial charge in [-0.15, -0.1) is 0 Å². The van der Waals surface area contributed by atoms with E-state index in [2.05, 4.69) is 10.0 Å². The van der Waals surface area contributed by atoms with Crippen LogP contribution in [-0.2, 0) is 26.7 Å². The molecule has 1 aromatic heterocycles. The van der Waals surface area contributed by atoms with E-state index in [1.165, 1.54) is 6.26 Å². The Morgan fingerprint density at radius 1 is 1.00 bits per heavy atom. The van der Waals surface area contributed by atoms with Crippen LogP contribution in [0.4, 0.5) is 5.69 Å². The van der Waals surface area contributed by atoms with E-state index in [9.17, 15) is 21.4 Å². The zero-order chi connectivity index (χ0) is 21.1. The summed E-state index contributed by atoms with van der Waals surface area (Å²) in [5.41, 5.74) is -0.114. The van der Waals surface area contributed by atoms with Crippen molar-refractivity contribution in [2.24, 2.45) is 0 Å². The summed E-state index contributed by atoms with van der Waals surface area (Å²) in [5, 5.41) is 2.78. The topological polar surface area (TPSA) is 138 Å². The third-order valence-electron chi connectivity index (χ3n) is 3.88. The Bertz CT molecular complexity index is 1200. The first kappa shape index (κ1) is 25.0. The van der Waals surface area contributed by atoms with Gasteiger partial charge in [0.1, 0.15) is 32.3 Å². The van der Waals surface area contributed by atoms with Gasteiger partial charge in [0.2, 0.25) is 10.0 Å². The maximum absolute atomic E-state index is 12.4. The normalized spacial score (nSPS) is 11.5. The van der Waals surface area contributed by atoms with Crippen LogP contribution in [0, 0.1) is 0 Å². The summed E-state index contributed by atoms with van der Waals surface area (Å²) >= 11 is 0. The number of nitrogens with one attached hydrogen (secondary N) is 2. The molecule has 0 atom stereocenters. The van der Waals surface area contributed by atoms with Gasteiger partial charge in [-0.3, -0.25) is 0 Å². The first-order valence-corrected chi connectivity index (χ1v) is 11.2. The minimum atomic E-state index is -5.00. The Morgan fingerprint density at radius 2 is 1.70 bits per heavy atom. The van der Waals surface area contributed by atoms with Crippen molar-refractivity contribution in [3.63, 3.8) is 0 Å². The third-order valence-corrected chi connectivity index (χ3v) is 6.19. The van der Waals surface area contributed by atoms with Crippen LogP contribution in [0.3, 0.4) is 0 Å². The summed E-state index contributed by atoms with van der Waals surface area (Å²) in [5.74, 6) is 0.659. The number of sulfonamides is 1. The minimum absolute atomic E-state index is 0. The zero-order valence-corrected chi connectivity index (χ0v) is 20.9. The molecular weight excluding hydrogens is 459 g/mol. The SMILES string of the molecule is CNS(=O)(=O)c1cc(S(=O)(=O)[O-])c(NCc2ccco2)cc1Oc1ccccc1.[K+]. The summed E-state index contributed by atoms with van der Waals surface area (Å²) in [4.78, 5) is -1.21. The van der Waals surface area contributed by atoms with E-state index in [1.54, 1.807) is 42.5 Å². The molecule has 0 saturated heterocycles. The third kappa shape index (κ3) is 6.15. The molecule has 0 spiro atoms. The Kier molecular flexibility index (Phi) is 8.67. The van der Waals surface area contributed by atoms with Crippen LogP contribution in [0.15, 0.2) is 75.1 Å². The molecule has 9 nitrogen and oxygen atoms in total. The summed E-state index contributed by atoms with van der Waals surface area (Å²) in [6.45, 7) is 0.0679. The molecular formula is C18H17KN2O7S2. The summed E-state index contributed by atoms with van der Waals surface area (Å²) < 4.78 is 73.1. The molecule has 0 fully saturated rings. The molecule has 0 saturated carbocycles. The maximum Gasteiger partial charge on any atom is 1.00 e. The van der Waals surface area contributed by atoms with Gasteiger partial charge in [0.05, 0.1) is 23.4 Å². The monoisotopic (exact) mass is 476 g/mol. The van der Waals surface area contributed by atoms with E-state index in [0.29, 0.717) is 11.5 Å². The number of furan rings is 1. The molecule has 0 amide bonds. The molecule has 2 N–H and O–H groups in total. The number of para-hydroxylation sites is 1. The van der Waals surface area contributed by atoms with Crippen LogP contribution in [0.2, 0.25) is 0 Å². The van der Waals surface area contributed by atoms with E-state index in [-0.39, 0.29) is 69.4 Å². The molecule has 0 radical (unpaired) electrons. The van der Waals surface area contributed by atoms with Crippen LogP contribution in [0.1, 0.15) is 5.76 Å². The van der Waals surface area contributed by atoms with Crippen molar-refractivity contribution in [1.29, 1.82) is 0 Å². The van der Waals surface area contributed by atoms with Gasteiger partial charge in [-0.25, -0.2) is 21.6 Å². The second kappa shape index (κ2) is 10.4. The van der Waals surface area contributed by atoms with E-state index in [0.717, 1.165) is 19.2 Å². The zero-order valence-electron chi connectivity index (χ0n) is 16.2. The van der Waals surface area contributed by atoms with Crippen LogP contribution < -0.4 is 66.2 Å². The molecule has 2 aromatic carbocycles. The molecule has 1 heterocycles. The van der Waals surface area contributed by atoms with Gasteiger partial charge >= 0.3 is 51.4 Å². The Morgan fingerprint density at radius 3 is 2.27 bits per heavy atom. The molecule has 30 heavy (non-hydrogen) atoms. The van der Waals surface area contributed by atoms with Gasteiger partial charge in [-0.05, 0) is 37.4 Å². The number of ether oxygens (including phenoxy) is 1. The predicted octanol–water partition coefficient (Wildman–Crippen LogP) is -0.500. The first-order chi connectivity index (χ1) is 13.7. The van der Waals surface area contributed by atoms with Crippen LogP contribution >= 0.6 is 0 Å². The largest absolute Gasteiger partial charge is 1.00 e. The Hall–Kier alpha value is -1.22. The fraction of sp³-hybridized carbons (Fsp3) is 0.111. The number of anilines is 1. The summed E-state index contributed by atoms with van der Waals surface area (Å²) in [6.07, 6.45) is 1.44. The molecule has 0 aliphatic heterocycles. The van der Waals surface area contributed by atoms with Crippen molar-refractivity contribution >= 4 is 25.8 Å². The molecule has 0 bridgehead atoms. The predicted molar refractivity (Wildman–Crippen MR) is 103 cm³/mol. The second-order valence-electron chi connectivity index (χ2n) is 5.80. The fourth-order valence-electron chi connectivity index (χ4n) is 2.50. The number of rotatable bonds is 8. The van der Waals surface area contributed by atoms with Gasteiger partial charge in [0, 0.05) is 6.07 Å². The summed E-state index contributed by atoms with van der Waals surface area (Å²) in [6, 6.07) is 13.6. The molecule has 0 aliphatic rings. The van der Waals surface area contributed by atoms with E-state index in [4.69, 9.17) is 9.15 Å².